The second kappa shape index (κ2) is 4.11. The molecule has 4 heteroatoms. The van der Waals surface area contributed by atoms with Crippen LogP contribution in [0.3, 0.4) is 0 Å². The molecule has 0 aliphatic heterocycles. The normalized spacial score (nSPS) is 33.1. The first-order valence-electron chi connectivity index (χ1n) is 6.30. The first kappa shape index (κ1) is 13.1. The van der Waals surface area contributed by atoms with Crippen molar-refractivity contribution < 1.29 is 19.1 Å². The Bertz CT molecular complexity index is 396. The number of carbonyl (C=O) groups is 2. The number of hydrogen-bond donors (Lipinski definition) is 0. The predicted molar refractivity (Wildman–Crippen MR) is 65.7 cm³/mol. The first-order valence-corrected chi connectivity index (χ1v) is 6.30. The molecule has 0 saturated heterocycles. The molecule has 0 heterocycles. The molecular formula is C14H20O4. The zero-order chi connectivity index (χ0) is 13.6. The van der Waals surface area contributed by atoms with Crippen molar-refractivity contribution in [2.45, 2.75) is 32.6 Å². The van der Waals surface area contributed by atoms with Crippen LogP contribution >= 0.6 is 0 Å². The van der Waals surface area contributed by atoms with E-state index in [0.717, 1.165) is 24.8 Å². The Morgan fingerprint density at radius 1 is 1.22 bits per heavy atom. The van der Waals surface area contributed by atoms with Gasteiger partial charge in [-0.1, -0.05) is 19.1 Å². The summed E-state index contributed by atoms with van der Waals surface area (Å²) < 4.78 is 9.80. The molecule has 0 radical (unpaired) electrons. The quantitative estimate of drug-likeness (QED) is 0.429. The fraction of sp³-hybridized carbons (Fsp3) is 0.714. The molecule has 2 fully saturated rings. The molecule has 0 spiro atoms. The van der Waals surface area contributed by atoms with E-state index >= 15 is 0 Å². The van der Waals surface area contributed by atoms with Crippen LogP contribution in [0.15, 0.2) is 12.2 Å². The van der Waals surface area contributed by atoms with Crippen LogP contribution in [0.1, 0.15) is 32.6 Å². The summed E-state index contributed by atoms with van der Waals surface area (Å²) in [6, 6.07) is 0. The van der Waals surface area contributed by atoms with E-state index in [9.17, 15) is 9.59 Å². The van der Waals surface area contributed by atoms with Crippen LogP contribution in [-0.2, 0) is 19.1 Å². The Hall–Kier alpha value is -1.32. The molecule has 0 aromatic carbocycles. The van der Waals surface area contributed by atoms with Gasteiger partial charge in [-0.3, -0.25) is 9.59 Å². The average molecular weight is 252 g/mol. The maximum atomic E-state index is 12.3. The number of ether oxygens (including phenoxy) is 2. The second-order valence-corrected chi connectivity index (χ2v) is 5.47. The molecule has 0 aromatic heterocycles. The van der Waals surface area contributed by atoms with E-state index in [0.29, 0.717) is 12.3 Å². The van der Waals surface area contributed by atoms with Crippen molar-refractivity contribution in [1.29, 1.82) is 0 Å². The molecule has 0 bridgehead atoms. The van der Waals surface area contributed by atoms with Crippen molar-refractivity contribution >= 4 is 11.9 Å². The maximum Gasteiger partial charge on any atom is 0.324 e. The van der Waals surface area contributed by atoms with Crippen molar-refractivity contribution in [3.8, 4) is 0 Å². The summed E-state index contributed by atoms with van der Waals surface area (Å²) >= 11 is 0. The standard InChI is InChI=1S/C14H20O4/c1-9-5-6-10-7-8-14(11(15)17-3,12(16)18-4)13(9,10)2/h10H,1,5-8H2,2-4H3. The van der Waals surface area contributed by atoms with Gasteiger partial charge in [0.2, 0.25) is 0 Å². The van der Waals surface area contributed by atoms with Crippen LogP contribution in [-0.4, -0.2) is 26.2 Å². The zero-order valence-corrected chi connectivity index (χ0v) is 11.2. The van der Waals surface area contributed by atoms with E-state index in [1.54, 1.807) is 0 Å². The van der Waals surface area contributed by atoms with Gasteiger partial charge in [-0.2, -0.15) is 0 Å². The van der Waals surface area contributed by atoms with Crippen LogP contribution < -0.4 is 0 Å². The molecule has 100 valence electrons. The smallest absolute Gasteiger partial charge is 0.324 e. The van der Waals surface area contributed by atoms with Crippen molar-refractivity contribution in [3.63, 3.8) is 0 Å². The number of carbonyl (C=O) groups excluding carboxylic acids is 2. The number of rotatable bonds is 2. The Labute approximate surface area is 107 Å². The number of allylic oxidation sites excluding steroid dienone is 1. The van der Waals surface area contributed by atoms with Gasteiger partial charge < -0.3 is 9.47 Å². The highest BCUT2D eigenvalue weighted by Crippen LogP contribution is 2.66. The van der Waals surface area contributed by atoms with Crippen molar-refractivity contribution in [2.24, 2.45) is 16.7 Å². The largest absolute Gasteiger partial charge is 0.468 e. The van der Waals surface area contributed by atoms with Crippen molar-refractivity contribution in [3.05, 3.63) is 12.2 Å². The Kier molecular flexibility index (Phi) is 2.99. The Morgan fingerprint density at radius 2 is 1.78 bits per heavy atom. The SMILES string of the molecule is C=C1CCC2CCC(C(=O)OC)(C(=O)OC)C12C. The van der Waals surface area contributed by atoms with Crippen molar-refractivity contribution in [1.82, 2.24) is 0 Å². The van der Waals surface area contributed by atoms with Gasteiger partial charge in [0, 0.05) is 5.41 Å². The predicted octanol–water partition coefficient (Wildman–Crippen LogP) is 2.09. The molecule has 0 aromatic rings. The fourth-order valence-corrected chi connectivity index (χ4v) is 3.98. The second-order valence-electron chi connectivity index (χ2n) is 5.47. The molecule has 2 aliphatic rings. The minimum Gasteiger partial charge on any atom is -0.468 e. The lowest BCUT2D eigenvalue weighted by atomic mass is 9.62. The highest BCUT2D eigenvalue weighted by atomic mass is 16.5. The highest BCUT2D eigenvalue weighted by Gasteiger charge is 2.69. The number of hydrogen-bond acceptors (Lipinski definition) is 4. The topological polar surface area (TPSA) is 52.6 Å². The maximum absolute atomic E-state index is 12.3. The van der Waals surface area contributed by atoms with Gasteiger partial charge in [-0.15, -0.1) is 0 Å². The van der Waals surface area contributed by atoms with Crippen LogP contribution in [0.2, 0.25) is 0 Å². The summed E-state index contributed by atoms with van der Waals surface area (Å²) in [6.45, 7) is 6.05. The fourth-order valence-electron chi connectivity index (χ4n) is 3.98. The minimum absolute atomic E-state index is 0.322. The van der Waals surface area contributed by atoms with Gasteiger partial charge in [-0.05, 0) is 31.6 Å². The summed E-state index contributed by atoms with van der Waals surface area (Å²) in [4.78, 5) is 24.5. The van der Waals surface area contributed by atoms with Gasteiger partial charge in [0.25, 0.3) is 0 Å². The molecule has 2 aliphatic carbocycles. The minimum atomic E-state index is -1.20. The van der Waals surface area contributed by atoms with E-state index in [1.165, 1.54) is 14.2 Å². The van der Waals surface area contributed by atoms with Crippen LogP contribution in [0.5, 0.6) is 0 Å². The Morgan fingerprint density at radius 3 is 2.28 bits per heavy atom. The van der Waals surface area contributed by atoms with Gasteiger partial charge >= 0.3 is 11.9 Å². The lowest BCUT2D eigenvalue weighted by Crippen LogP contribution is -2.51. The molecule has 0 N–H and O–H groups in total. The molecule has 2 saturated carbocycles. The molecule has 2 atom stereocenters. The molecule has 0 amide bonds. The van der Waals surface area contributed by atoms with Gasteiger partial charge in [0.1, 0.15) is 0 Å². The van der Waals surface area contributed by atoms with Crippen LogP contribution in [0.25, 0.3) is 0 Å². The monoisotopic (exact) mass is 252 g/mol. The lowest BCUT2D eigenvalue weighted by Gasteiger charge is -2.40. The van der Waals surface area contributed by atoms with E-state index in [2.05, 4.69) is 6.58 Å². The summed E-state index contributed by atoms with van der Waals surface area (Å²) in [5.74, 6) is -0.645. The third kappa shape index (κ3) is 1.26. The van der Waals surface area contributed by atoms with Crippen LogP contribution in [0, 0.1) is 16.7 Å². The molecule has 2 rings (SSSR count). The molecular weight excluding hydrogens is 232 g/mol. The van der Waals surface area contributed by atoms with E-state index in [-0.39, 0.29) is 0 Å². The van der Waals surface area contributed by atoms with E-state index in [1.807, 2.05) is 6.92 Å². The van der Waals surface area contributed by atoms with E-state index < -0.39 is 22.8 Å². The Balaban J connectivity index is 2.57. The lowest BCUT2D eigenvalue weighted by molar-refractivity contribution is -0.176. The first-order chi connectivity index (χ1) is 8.45. The highest BCUT2D eigenvalue weighted by molar-refractivity contribution is 6.02. The molecule has 2 unspecified atom stereocenters. The summed E-state index contributed by atoms with van der Waals surface area (Å²) in [5.41, 5.74) is -0.747. The molecule has 4 nitrogen and oxygen atoms in total. The van der Waals surface area contributed by atoms with Crippen LogP contribution in [0.4, 0.5) is 0 Å². The summed E-state index contributed by atoms with van der Waals surface area (Å²) in [6.07, 6.45) is 3.20. The molecule has 18 heavy (non-hydrogen) atoms. The third-order valence-corrected chi connectivity index (χ3v) is 5.17. The summed E-state index contributed by atoms with van der Waals surface area (Å²) in [7, 11) is 2.64. The van der Waals surface area contributed by atoms with Gasteiger partial charge in [0.05, 0.1) is 14.2 Å². The number of methoxy groups -OCH3 is 2. The third-order valence-electron chi connectivity index (χ3n) is 5.17. The number of fused-ring (bicyclic) bond motifs is 1. The number of esters is 2. The van der Waals surface area contributed by atoms with Crippen molar-refractivity contribution in [2.75, 3.05) is 14.2 Å². The van der Waals surface area contributed by atoms with Gasteiger partial charge in [-0.25, -0.2) is 0 Å². The summed E-state index contributed by atoms with van der Waals surface area (Å²) in [5, 5.41) is 0. The van der Waals surface area contributed by atoms with Gasteiger partial charge in [0.15, 0.2) is 5.41 Å². The zero-order valence-electron chi connectivity index (χ0n) is 11.2. The average Bonchev–Trinajstić information content (AvgIpc) is 2.83. The van der Waals surface area contributed by atoms with E-state index in [4.69, 9.17) is 9.47 Å².